The highest BCUT2D eigenvalue weighted by molar-refractivity contribution is 9.10. The lowest BCUT2D eigenvalue weighted by Crippen LogP contribution is -2.15. The van der Waals surface area contributed by atoms with E-state index in [0.717, 1.165) is 5.56 Å². The summed E-state index contributed by atoms with van der Waals surface area (Å²) in [7, 11) is -3.77. The van der Waals surface area contributed by atoms with Gasteiger partial charge in [0.15, 0.2) is 0 Å². The highest BCUT2D eigenvalue weighted by Crippen LogP contribution is 2.30. The number of nitrogen functional groups attached to an aromatic ring is 1. The number of hydrogen-bond acceptors (Lipinski definition) is 5. The Morgan fingerprint density at radius 2 is 2.05 bits per heavy atom. The molecule has 0 fully saturated rings. The third kappa shape index (κ3) is 3.65. The normalized spacial score (nSPS) is 11.2. The number of sulfonamides is 1. The third-order valence-electron chi connectivity index (χ3n) is 2.68. The fraction of sp³-hybridized carbons (Fsp3) is 0.0833. The number of rotatable bonds is 4. The Balaban J connectivity index is 2.39. The predicted octanol–water partition coefficient (Wildman–Crippen LogP) is 2.89. The van der Waals surface area contributed by atoms with Crippen LogP contribution in [-0.4, -0.2) is 13.4 Å². The van der Waals surface area contributed by atoms with Crippen LogP contribution < -0.4 is 16.0 Å². The van der Waals surface area contributed by atoms with E-state index in [4.69, 9.17) is 17.4 Å². The summed E-state index contributed by atoms with van der Waals surface area (Å²) in [4.78, 5) is 3.90. The van der Waals surface area contributed by atoms with Gasteiger partial charge in [-0.05, 0) is 46.6 Å². The van der Waals surface area contributed by atoms with Gasteiger partial charge in [-0.3, -0.25) is 4.72 Å². The van der Waals surface area contributed by atoms with Crippen LogP contribution in [0, 0.1) is 6.92 Å². The Hall–Kier alpha value is -1.35. The lowest BCUT2D eigenvalue weighted by atomic mass is 10.2. The molecule has 0 radical (unpaired) electrons. The van der Waals surface area contributed by atoms with Crippen molar-refractivity contribution in [1.29, 1.82) is 0 Å². The van der Waals surface area contributed by atoms with Crippen LogP contribution in [0.2, 0.25) is 5.02 Å². The van der Waals surface area contributed by atoms with Crippen LogP contribution in [0.5, 0.6) is 0 Å². The first kappa shape index (κ1) is 16.0. The summed E-state index contributed by atoms with van der Waals surface area (Å²) in [6.45, 7) is 1.83. The minimum Gasteiger partial charge on any atom is -0.308 e. The van der Waals surface area contributed by atoms with Crippen molar-refractivity contribution in [3.05, 3.63) is 45.5 Å². The van der Waals surface area contributed by atoms with Gasteiger partial charge in [0.25, 0.3) is 10.0 Å². The lowest BCUT2D eigenvalue weighted by molar-refractivity contribution is 0.601. The van der Waals surface area contributed by atoms with E-state index in [0.29, 0.717) is 15.2 Å². The summed E-state index contributed by atoms with van der Waals surface area (Å²) >= 11 is 9.32. The van der Waals surface area contributed by atoms with Crippen LogP contribution in [-0.2, 0) is 10.0 Å². The van der Waals surface area contributed by atoms with Crippen molar-refractivity contribution in [3.8, 4) is 0 Å². The zero-order valence-electron chi connectivity index (χ0n) is 10.9. The van der Waals surface area contributed by atoms with E-state index < -0.39 is 10.0 Å². The summed E-state index contributed by atoms with van der Waals surface area (Å²) < 4.78 is 27.8. The zero-order chi connectivity index (χ0) is 15.6. The largest absolute Gasteiger partial charge is 0.308 e. The number of halogens is 2. The first-order chi connectivity index (χ1) is 9.83. The molecular weight excluding hydrogens is 380 g/mol. The van der Waals surface area contributed by atoms with Gasteiger partial charge < -0.3 is 5.43 Å². The molecule has 0 unspecified atom stereocenters. The Labute approximate surface area is 135 Å². The van der Waals surface area contributed by atoms with E-state index in [1.54, 1.807) is 12.1 Å². The van der Waals surface area contributed by atoms with E-state index in [-0.39, 0.29) is 10.7 Å². The van der Waals surface area contributed by atoms with Gasteiger partial charge in [0.1, 0.15) is 5.82 Å². The van der Waals surface area contributed by atoms with Gasteiger partial charge in [-0.1, -0.05) is 11.6 Å². The molecule has 0 amide bonds. The summed E-state index contributed by atoms with van der Waals surface area (Å²) in [5, 5.41) is 0.468. The SMILES string of the molecule is Cc1cc(Br)c(NS(=O)(=O)c2ccnc(NN)c2)cc1Cl. The molecule has 0 spiro atoms. The minimum atomic E-state index is -3.77. The third-order valence-corrected chi connectivity index (χ3v) is 5.11. The molecule has 0 saturated heterocycles. The molecule has 2 aromatic rings. The minimum absolute atomic E-state index is 0.0362. The van der Waals surface area contributed by atoms with Crippen LogP contribution >= 0.6 is 27.5 Å². The zero-order valence-corrected chi connectivity index (χ0v) is 14.1. The maximum absolute atomic E-state index is 12.3. The van der Waals surface area contributed by atoms with Crippen molar-refractivity contribution < 1.29 is 8.42 Å². The molecule has 0 aliphatic heterocycles. The Morgan fingerprint density at radius 3 is 2.71 bits per heavy atom. The van der Waals surface area contributed by atoms with Crippen LogP contribution in [0.4, 0.5) is 11.5 Å². The summed E-state index contributed by atoms with van der Waals surface area (Å²) in [6, 6.07) is 5.97. The molecule has 0 saturated carbocycles. The first-order valence-corrected chi connectivity index (χ1v) is 8.40. The van der Waals surface area contributed by atoms with E-state index in [1.807, 2.05) is 6.92 Å². The maximum Gasteiger partial charge on any atom is 0.262 e. The number of aryl methyl sites for hydroxylation is 1. The van der Waals surface area contributed by atoms with Crippen molar-refractivity contribution in [2.75, 3.05) is 10.1 Å². The van der Waals surface area contributed by atoms with Crippen molar-refractivity contribution in [3.63, 3.8) is 0 Å². The summed E-state index contributed by atoms with van der Waals surface area (Å²) in [5.41, 5.74) is 3.49. The van der Waals surface area contributed by atoms with E-state index in [2.05, 4.69) is 31.1 Å². The molecule has 112 valence electrons. The second-order valence-corrected chi connectivity index (χ2v) is 7.15. The number of nitrogens with two attached hydrogens (primary N) is 1. The maximum atomic E-state index is 12.3. The average molecular weight is 392 g/mol. The molecule has 21 heavy (non-hydrogen) atoms. The van der Waals surface area contributed by atoms with E-state index in [9.17, 15) is 8.42 Å². The molecule has 2 rings (SSSR count). The van der Waals surface area contributed by atoms with Crippen molar-refractivity contribution in [1.82, 2.24) is 4.98 Å². The van der Waals surface area contributed by atoms with Gasteiger partial charge in [-0.2, -0.15) is 0 Å². The van der Waals surface area contributed by atoms with Gasteiger partial charge in [-0.15, -0.1) is 0 Å². The number of hydrogen-bond donors (Lipinski definition) is 3. The van der Waals surface area contributed by atoms with E-state index in [1.165, 1.54) is 18.3 Å². The van der Waals surface area contributed by atoms with E-state index >= 15 is 0 Å². The average Bonchev–Trinajstić information content (AvgIpc) is 2.44. The number of aromatic nitrogens is 1. The molecular formula is C12H12BrClN4O2S. The van der Waals surface area contributed by atoms with Crippen LogP contribution in [0.1, 0.15) is 5.56 Å². The predicted molar refractivity (Wildman–Crippen MR) is 86.7 cm³/mol. The molecule has 1 aromatic carbocycles. The van der Waals surface area contributed by atoms with Crippen molar-refractivity contribution >= 4 is 49.1 Å². The smallest absolute Gasteiger partial charge is 0.262 e. The van der Waals surface area contributed by atoms with Crippen molar-refractivity contribution in [2.24, 2.45) is 5.84 Å². The van der Waals surface area contributed by atoms with Crippen LogP contribution in [0.15, 0.2) is 39.8 Å². The number of nitrogens with zero attached hydrogens (tertiary/aromatic N) is 1. The first-order valence-electron chi connectivity index (χ1n) is 5.74. The Kier molecular flexibility index (Phi) is 4.72. The number of anilines is 2. The molecule has 9 heteroatoms. The monoisotopic (exact) mass is 390 g/mol. The van der Waals surface area contributed by atoms with Gasteiger partial charge >= 0.3 is 0 Å². The van der Waals surface area contributed by atoms with Gasteiger partial charge in [0, 0.05) is 21.8 Å². The lowest BCUT2D eigenvalue weighted by Gasteiger charge is -2.12. The Bertz CT molecular complexity index is 783. The summed E-state index contributed by atoms with van der Waals surface area (Å²) in [6.07, 6.45) is 1.35. The number of hydrazine groups is 1. The fourth-order valence-corrected chi connectivity index (χ4v) is 3.52. The highest BCUT2D eigenvalue weighted by atomic mass is 79.9. The molecule has 0 aliphatic rings. The molecule has 0 aliphatic carbocycles. The Morgan fingerprint density at radius 1 is 1.33 bits per heavy atom. The summed E-state index contributed by atoms with van der Waals surface area (Å²) in [5.74, 6) is 5.47. The van der Waals surface area contributed by atoms with Crippen LogP contribution in [0.25, 0.3) is 0 Å². The van der Waals surface area contributed by atoms with Gasteiger partial charge in [-0.25, -0.2) is 19.2 Å². The topological polar surface area (TPSA) is 97.1 Å². The molecule has 4 N–H and O–H groups in total. The van der Waals surface area contributed by atoms with Gasteiger partial charge in [0.05, 0.1) is 10.6 Å². The number of pyridine rings is 1. The molecule has 0 atom stereocenters. The second-order valence-electron chi connectivity index (χ2n) is 4.21. The molecule has 1 aromatic heterocycles. The molecule has 0 bridgehead atoms. The van der Waals surface area contributed by atoms with Gasteiger partial charge in [0.2, 0.25) is 0 Å². The highest BCUT2D eigenvalue weighted by Gasteiger charge is 2.17. The molecule has 6 nitrogen and oxygen atoms in total. The van der Waals surface area contributed by atoms with Crippen molar-refractivity contribution in [2.45, 2.75) is 11.8 Å². The quantitative estimate of drug-likeness (QED) is 0.550. The fourth-order valence-electron chi connectivity index (χ4n) is 1.59. The van der Waals surface area contributed by atoms with Crippen LogP contribution in [0.3, 0.4) is 0 Å². The molecule has 1 heterocycles. The standard InChI is InChI=1S/C12H12BrClN4O2S/c1-7-4-9(13)11(6-10(7)14)18-21(19,20)8-2-3-16-12(5-8)17-15/h2-6,18H,15H2,1H3,(H,16,17). The second kappa shape index (κ2) is 6.18. The number of nitrogens with one attached hydrogen (secondary N) is 2. The number of benzene rings is 1.